The number of hydrogen-bond donors (Lipinski definition) is 6. The lowest BCUT2D eigenvalue weighted by molar-refractivity contribution is -0.161. The molecule has 0 bridgehead atoms. The fourth-order valence-electron chi connectivity index (χ4n) is 6.63. The maximum absolute atomic E-state index is 12.9. The SMILES string of the molecule is CC[C@H](C)[C@H](CC(=O)OC(C)(C)C)C(=O)O.CC[C@H](C)[C@H](NC(=O)OC(C)(C)C)C(=O)N[C@@H](C)C(=O)N1CCC[C@@H](C(=O)OCC(Cl)(Cl)Cl)N1.C[C@H](NC(=O)OC(C)(C)C)C(=O)N1CCC[C@@H](C(=O)OCC(Cl)(Cl)Cl)N1. The number of esters is 3. The molecule has 2 heterocycles. The highest BCUT2D eigenvalue weighted by atomic mass is 35.6. The summed E-state index contributed by atoms with van der Waals surface area (Å²) in [6.07, 6.45) is 1.88. The largest absolute Gasteiger partial charge is 0.481 e. The van der Waals surface area contributed by atoms with Crippen molar-refractivity contribution in [1.29, 1.82) is 0 Å². The summed E-state index contributed by atoms with van der Waals surface area (Å²) in [7, 11) is 0. The Morgan fingerprint density at radius 1 is 0.579 bits per heavy atom. The van der Waals surface area contributed by atoms with E-state index in [1.807, 2.05) is 27.7 Å². The molecule has 5 amide bonds. The molecule has 2 saturated heterocycles. The summed E-state index contributed by atoms with van der Waals surface area (Å²) in [5, 5.41) is 19.2. The number of alkyl carbamates (subject to hydrolysis) is 2. The summed E-state index contributed by atoms with van der Waals surface area (Å²) >= 11 is 33.4. The normalized spacial score (nSPS) is 18.6. The highest BCUT2D eigenvalue weighted by Gasteiger charge is 2.37. The third-order valence-electron chi connectivity index (χ3n) is 10.7. The summed E-state index contributed by atoms with van der Waals surface area (Å²) in [5.41, 5.74) is 3.63. The summed E-state index contributed by atoms with van der Waals surface area (Å²) in [4.78, 5) is 109. The molecule has 440 valence electrons. The van der Waals surface area contributed by atoms with Crippen LogP contribution >= 0.6 is 69.6 Å². The number of hydrazine groups is 2. The average molecular weight is 1210 g/mol. The number of carboxylic acids is 1. The number of alkyl halides is 6. The number of nitrogens with one attached hydrogen (secondary N) is 5. The number of rotatable bonds is 17. The molecule has 0 radical (unpaired) electrons. The topological polar surface area (TPSA) is 287 Å². The molecule has 8 atom stereocenters. The van der Waals surface area contributed by atoms with Gasteiger partial charge in [0.25, 0.3) is 11.8 Å². The van der Waals surface area contributed by atoms with Crippen LogP contribution in [-0.4, -0.2) is 150 Å². The van der Waals surface area contributed by atoms with Gasteiger partial charge in [-0.1, -0.05) is 110 Å². The Balaban J connectivity index is 0.00000118. The van der Waals surface area contributed by atoms with E-state index in [1.165, 1.54) is 23.9 Å². The molecule has 76 heavy (non-hydrogen) atoms. The molecule has 0 aromatic carbocycles. The van der Waals surface area contributed by atoms with E-state index in [4.69, 9.17) is 98.4 Å². The lowest BCUT2D eigenvalue weighted by Crippen LogP contribution is -2.61. The summed E-state index contributed by atoms with van der Waals surface area (Å²) in [6.45, 7) is 26.0. The van der Waals surface area contributed by atoms with Crippen molar-refractivity contribution in [2.75, 3.05) is 26.3 Å². The van der Waals surface area contributed by atoms with E-state index in [9.17, 15) is 43.2 Å². The Morgan fingerprint density at radius 2 is 0.947 bits per heavy atom. The number of halogens is 6. The van der Waals surface area contributed by atoms with Gasteiger partial charge in [0.1, 0.15) is 60.2 Å². The molecule has 0 spiro atoms. The van der Waals surface area contributed by atoms with E-state index in [1.54, 1.807) is 62.3 Å². The number of amides is 5. The lowest BCUT2D eigenvalue weighted by Gasteiger charge is -2.35. The summed E-state index contributed by atoms with van der Waals surface area (Å²) in [6, 6.07) is -4.20. The maximum atomic E-state index is 12.9. The summed E-state index contributed by atoms with van der Waals surface area (Å²) < 4.78 is 22.0. The Kier molecular flexibility index (Phi) is 31.0. The zero-order valence-electron chi connectivity index (χ0n) is 46.2. The molecule has 28 heteroatoms. The van der Waals surface area contributed by atoms with Gasteiger partial charge in [-0.25, -0.2) is 20.4 Å². The second-order valence-electron chi connectivity index (χ2n) is 21.3. The van der Waals surface area contributed by atoms with Gasteiger partial charge in [0, 0.05) is 13.1 Å². The van der Waals surface area contributed by atoms with Gasteiger partial charge >= 0.3 is 36.1 Å². The fraction of sp³-hybridized carbons (Fsp3) is 0.812. The number of aliphatic carboxylic acids is 1. The van der Waals surface area contributed by atoms with Crippen molar-refractivity contribution in [3.63, 3.8) is 0 Å². The zero-order valence-corrected chi connectivity index (χ0v) is 50.8. The minimum Gasteiger partial charge on any atom is -0.481 e. The van der Waals surface area contributed by atoms with Gasteiger partial charge in [-0.3, -0.25) is 43.6 Å². The van der Waals surface area contributed by atoms with Crippen LogP contribution < -0.4 is 26.8 Å². The molecule has 2 fully saturated rings. The third kappa shape index (κ3) is 31.8. The molecule has 2 aliphatic rings. The predicted octanol–water partition coefficient (Wildman–Crippen LogP) is 7.61. The molecule has 0 aliphatic carbocycles. The highest BCUT2D eigenvalue weighted by molar-refractivity contribution is 6.68. The first-order chi connectivity index (χ1) is 34.5. The van der Waals surface area contributed by atoms with Crippen molar-refractivity contribution in [3.8, 4) is 0 Å². The van der Waals surface area contributed by atoms with E-state index in [0.717, 1.165) is 6.42 Å². The Labute approximate surface area is 477 Å². The lowest BCUT2D eigenvalue weighted by atomic mass is 9.89. The predicted molar refractivity (Wildman–Crippen MR) is 288 cm³/mol. The molecule has 0 saturated carbocycles. The molecular weight excluding hydrogens is 1130 g/mol. The van der Waals surface area contributed by atoms with Gasteiger partial charge in [-0.2, -0.15) is 0 Å². The van der Waals surface area contributed by atoms with Crippen molar-refractivity contribution < 1.29 is 71.9 Å². The van der Waals surface area contributed by atoms with E-state index >= 15 is 0 Å². The monoisotopic (exact) mass is 1210 g/mol. The third-order valence-corrected chi connectivity index (χ3v) is 11.3. The Hall–Kier alpha value is -3.51. The molecule has 22 nitrogen and oxygen atoms in total. The quantitative estimate of drug-likeness (QED) is 0.0464. The fourth-order valence-corrected chi connectivity index (χ4v) is 6.96. The van der Waals surface area contributed by atoms with E-state index in [-0.39, 0.29) is 24.9 Å². The molecule has 0 aromatic rings. The van der Waals surface area contributed by atoms with Crippen LogP contribution in [0.5, 0.6) is 0 Å². The van der Waals surface area contributed by atoms with E-state index in [2.05, 4.69) is 26.8 Å². The van der Waals surface area contributed by atoms with Crippen LogP contribution in [-0.2, 0) is 57.2 Å². The van der Waals surface area contributed by atoms with Crippen LogP contribution in [0.3, 0.4) is 0 Å². The number of hydrogen-bond acceptors (Lipinski definition) is 16. The maximum Gasteiger partial charge on any atom is 0.408 e. The van der Waals surface area contributed by atoms with Gasteiger partial charge < -0.3 is 44.7 Å². The van der Waals surface area contributed by atoms with Gasteiger partial charge in [0.15, 0.2) is 0 Å². The number of ether oxygens (including phenoxy) is 5. The molecule has 6 N–H and O–H groups in total. The van der Waals surface area contributed by atoms with Gasteiger partial charge in [0.2, 0.25) is 13.5 Å². The first-order valence-corrected chi connectivity index (χ1v) is 27.1. The van der Waals surface area contributed by atoms with Gasteiger partial charge in [-0.05, 0) is 114 Å². The van der Waals surface area contributed by atoms with Crippen LogP contribution in [0.25, 0.3) is 0 Å². The zero-order chi connectivity index (χ0) is 59.3. The van der Waals surface area contributed by atoms with Gasteiger partial charge in [-0.15, -0.1) is 0 Å². The van der Waals surface area contributed by atoms with Crippen LogP contribution in [0.15, 0.2) is 0 Å². The number of nitrogens with zero attached hydrogens (tertiary/aromatic N) is 2. The van der Waals surface area contributed by atoms with E-state index in [0.29, 0.717) is 45.2 Å². The Morgan fingerprint density at radius 3 is 1.29 bits per heavy atom. The second-order valence-corrected chi connectivity index (χ2v) is 26.3. The van der Waals surface area contributed by atoms with Crippen LogP contribution in [0.2, 0.25) is 0 Å². The molecular formula is C48H81Cl6N7O15. The van der Waals surface area contributed by atoms with Crippen molar-refractivity contribution >= 4 is 123 Å². The summed E-state index contributed by atoms with van der Waals surface area (Å²) in [5.74, 6) is -4.91. The highest BCUT2D eigenvalue weighted by Crippen LogP contribution is 2.28. The Bertz CT molecular complexity index is 1940. The molecule has 0 unspecified atom stereocenters. The van der Waals surface area contributed by atoms with Crippen molar-refractivity contribution in [2.45, 2.75) is 203 Å². The second kappa shape index (κ2) is 32.5. The number of carbonyl (C=O) groups excluding carboxylic acids is 8. The van der Waals surface area contributed by atoms with Crippen molar-refractivity contribution in [2.24, 2.45) is 17.8 Å². The molecule has 0 aromatic heterocycles. The minimum absolute atomic E-state index is 0.0231. The first-order valence-electron chi connectivity index (χ1n) is 24.8. The van der Waals surface area contributed by atoms with Crippen LogP contribution in [0, 0.1) is 17.8 Å². The number of carbonyl (C=O) groups is 9. The van der Waals surface area contributed by atoms with E-state index < -0.39 is 121 Å². The van der Waals surface area contributed by atoms with Crippen molar-refractivity contribution in [1.82, 2.24) is 36.8 Å². The minimum atomic E-state index is -1.74. The number of carboxylic acid groups (broad SMARTS) is 1. The van der Waals surface area contributed by atoms with Crippen molar-refractivity contribution in [3.05, 3.63) is 0 Å². The van der Waals surface area contributed by atoms with Crippen LogP contribution in [0.1, 0.15) is 149 Å². The standard InChI is InChI=1S/C21H35Cl3N4O6.C15H24Cl3N3O5.C12H22O4/c1-7-12(2)15(26-19(32)34-20(4,5)6)16(29)25-13(3)17(30)28-10-8-9-14(27-28)18(31)33-11-21(22,23)24;1-9(19-13(24)26-14(2,3)4)11(22)21-7-5-6-10(20-21)12(23)25-8-15(16,17)18;1-6-8(2)9(11(14)15)7-10(13)16-12(3,4)5/h12-15,27H,7-11H2,1-6H3,(H,25,29)(H,26,32);9-10,20H,5-8H2,1-4H3,(H,19,24);8-9H,6-7H2,1-5H3,(H,14,15)/t12-,13-,14-,15-;9-,10-;8-,9-/m000/s1. The smallest absolute Gasteiger partial charge is 0.408 e. The molecule has 2 rings (SSSR count). The first kappa shape index (κ1) is 72.5. The van der Waals surface area contributed by atoms with Crippen LogP contribution in [0.4, 0.5) is 9.59 Å². The van der Waals surface area contributed by atoms with Gasteiger partial charge in [0.05, 0.1) is 12.3 Å². The molecule has 2 aliphatic heterocycles. The average Bonchev–Trinajstić information content (AvgIpc) is 3.27.